The molecule has 0 aliphatic carbocycles. The summed E-state index contributed by atoms with van der Waals surface area (Å²) in [6.45, 7) is 5.53. The quantitative estimate of drug-likeness (QED) is 0.674. The van der Waals surface area contributed by atoms with Crippen LogP contribution in [-0.2, 0) is 10.2 Å². The standard InChI is InChI=1S/C24H26N4O2/c1-24(2)13-21(29)25-18-10-9-15(12-17(18)24)23(30)28-11-5-6-16(14-28)22-26-19-7-3-4-8-20(19)27-22/h3-4,7-10,12,16H,5-6,11,13-14H2,1-2H3,(H,25,29)(H,26,27). The number of carbonyl (C=O) groups excluding carboxylic acids is 2. The molecule has 6 heteroatoms. The molecule has 2 amide bonds. The van der Waals surface area contributed by atoms with Crippen LogP contribution in [0.4, 0.5) is 5.69 Å². The number of hydrogen-bond donors (Lipinski definition) is 2. The Balaban J connectivity index is 1.39. The minimum atomic E-state index is -0.285. The van der Waals surface area contributed by atoms with Gasteiger partial charge in [0.1, 0.15) is 5.82 Å². The van der Waals surface area contributed by atoms with Gasteiger partial charge in [0, 0.05) is 42.1 Å². The highest BCUT2D eigenvalue weighted by atomic mass is 16.2. The average molecular weight is 402 g/mol. The number of benzene rings is 2. The number of hydrogen-bond acceptors (Lipinski definition) is 3. The SMILES string of the molecule is CC1(C)CC(=O)Nc2ccc(C(=O)N3CCCC(c4nc5ccccc5[nH]4)C3)cc21. The van der Waals surface area contributed by atoms with Crippen molar-refractivity contribution in [1.29, 1.82) is 0 Å². The first-order valence-corrected chi connectivity index (χ1v) is 10.6. The van der Waals surface area contributed by atoms with Crippen molar-refractivity contribution < 1.29 is 9.59 Å². The molecular weight excluding hydrogens is 376 g/mol. The van der Waals surface area contributed by atoms with E-state index in [0.29, 0.717) is 18.5 Å². The van der Waals surface area contributed by atoms with E-state index < -0.39 is 0 Å². The van der Waals surface area contributed by atoms with Gasteiger partial charge in [0.15, 0.2) is 0 Å². The second-order valence-corrected chi connectivity index (χ2v) is 9.10. The monoisotopic (exact) mass is 402 g/mol. The summed E-state index contributed by atoms with van der Waals surface area (Å²) in [4.78, 5) is 35.4. The van der Waals surface area contributed by atoms with E-state index in [1.165, 1.54) is 0 Å². The molecule has 2 N–H and O–H groups in total. The molecule has 30 heavy (non-hydrogen) atoms. The van der Waals surface area contributed by atoms with Gasteiger partial charge in [-0.15, -0.1) is 0 Å². The van der Waals surface area contributed by atoms with Gasteiger partial charge in [0.2, 0.25) is 5.91 Å². The second-order valence-electron chi connectivity index (χ2n) is 9.10. The van der Waals surface area contributed by atoms with Crippen molar-refractivity contribution in [2.75, 3.05) is 18.4 Å². The molecule has 3 aromatic rings. The summed E-state index contributed by atoms with van der Waals surface area (Å²) in [5, 5.41) is 2.93. The van der Waals surface area contributed by atoms with Crippen LogP contribution in [0, 0.1) is 0 Å². The molecule has 1 unspecified atom stereocenters. The van der Waals surface area contributed by atoms with Gasteiger partial charge in [0.25, 0.3) is 5.91 Å². The Hall–Kier alpha value is -3.15. The van der Waals surface area contributed by atoms with Crippen LogP contribution < -0.4 is 5.32 Å². The summed E-state index contributed by atoms with van der Waals surface area (Å²) < 4.78 is 0. The Labute approximate surface area is 175 Å². The number of piperidine rings is 1. The Kier molecular flexibility index (Phi) is 4.38. The second kappa shape index (κ2) is 6.97. The van der Waals surface area contributed by atoms with Crippen LogP contribution in [0.25, 0.3) is 11.0 Å². The normalized spacial score (nSPS) is 20.7. The number of aromatic amines is 1. The predicted molar refractivity (Wildman–Crippen MR) is 117 cm³/mol. The maximum absolute atomic E-state index is 13.3. The predicted octanol–water partition coefficient (Wildman–Crippen LogP) is 4.20. The molecule has 0 bridgehead atoms. The number of likely N-dealkylation sites (tertiary alicyclic amines) is 1. The molecule has 1 fully saturated rings. The van der Waals surface area contributed by atoms with Gasteiger partial charge >= 0.3 is 0 Å². The lowest BCUT2D eigenvalue weighted by atomic mass is 9.77. The molecule has 3 heterocycles. The number of aromatic nitrogens is 2. The van der Waals surface area contributed by atoms with E-state index in [0.717, 1.165) is 47.5 Å². The van der Waals surface area contributed by atoms with Crippen molar-refractivity contribution in [2.24, 2.45) is 0 Å². The zero-order chi connectivity index (χ0) is 20.9. The maximum Gasteiger partial charge on any atom is 0.253 e. The zero-order valence-electron chi connectivity index (χ0n) is 17.4. The highest BCUT2D eigenvalue weighted by molar-refractivity contribution is 5.99. The number of para-hydroxylation sites is 2. The summed E-state index contributed by atoms with van der Waals surface area (Å²) >= 11 is 0. The number of amides is 2. The largest absolute Gasteiger partial charge is 0.342 e. The third-order valence-electron chi connectivity index (χ3n) is 6.38. The van der Waals surface area contributed by atoms with Crippen LogP contribution >= 0.6 is 0 Å². The first kappa shape index (κ1) is 18.9. The van der Waals surface area contributed by atoms with E-state index in [1.807, 2.05) is 47.4 Å². The van der Waals surface area contributed by atoms with Gasteiger partial charge in [-0.1, -0.05) is 26.0 Å². The van der Waals surface area contributed by atoms with Crippen molar-refractivity contribution in [3.63, 3.8) is 0 Å². The third kappa shape index (κ3) is 3.26. The number of rotatable bonds is 2. The van der Waals surface area contributed by atoms with Gasteiger partial charge in [0.05, 0.1) is 11.0 Å². The first-order valence-electron chi connectivity index (χ1n) is 10.6. The number of anilines is 1. The fourth-order valence-electron chi connectivity index (χ4n) is 4.77. The van der Waals surface area contributed by atoms with Crippen molar-refractivity contribution in [2.45, 2.75) is 44.4 Å². The lowest BCUT2D eigenvalue weighted by molar-refractivity contribution is -0.117. The Morgan fingerprint density at radius 3 is 2.87 bits per heavy atom. The molecule has 1 atom stereocenters. The van der Waals surface area contributed by atoms with E-state index in [1.54, 1.807) is 0 Å². The average Bonchev–Trinajstić information content (AvgIpc) is 3.17. The lowest BCUT2D eigenvalue weighted by Gasteiger charge is -2.34. The maximum atomic E-state index is 13.3. The summed E-state index contributed by atoms with van der Waals surface area (Å²) in [5.41, 5.74) is 4.24. The number of fused-ring (bicyclic) bond motifs is 2. The molecule has 1 aromatic heterocycles. The molecule has 2 aliphatic heterocycles. The van der Waals surface area contributed by atoms with Crippen LogP contribution in [0.2, 0.25) is 0 Å². The zero-order valence-corrected chi connectivity index (χ0v) is 17.4. The summed E-state index contributed by atoms with van der Waals surface area (Å²) in [5.74, 6) is 1.24. The van der Waals surface area contributed by atoms with Crippen molar-refractivity contribution in [3.05, 3.63) is 59.4 Å². The summed E-state index contributed by atoms with van der Waals surface area (Å²) in [7, 11) is 0. The molecule has 0 spiro atoms. The van der Waals surface area contributed by atoms with E-state index in [-0.39, 0.29) is 23.1 Å². The fraction of sp³-hybridized carbons (Fsp3) is 0.375. The topological polar surface area (TPSA) is 78.1 Å². The number of carbonyl (C=O) groups is 2. The van der Waals surface area contributed by atoms with Crippen molar-refractivity contribution >= 4 is 28.5 Å². The molecule has 0 saturated carbocycles. The molecule has 2 aromatic carbocycles. The minimum absolute atomic E-state index is 0.0243. The molecule has 1 saturated heterocycles. The molecular formula is C24H26N4O2. The van der Waals surface area contributed by atoms with Crippen LogP contribution in [-0.4, -0.2) is 39.8 Å². The Morgan fingerprint density at radius 2 is 2.03 bits per heavy atom. The van der Waals surface area contributed by atoms with E-state index >= 15 is 0 Å². The number of imidazole rings is 1. The van der Waals surface area contributed by atoms with Crippen molar-refractivity contribution in [3.8, 4) is 0 Å². The van der Waals surface area contributed by atoms with Gasteiger partial charge in [-0.05, 0) is 48.7 Å². The van der Waals surface area contributed by atoms with E-state index in [4.69, 9.17) is 4.98 Å². The highest BCUT2D eigenvalue weighted by Crippen LogP contribution is 2.38. The number of nitrogens with one attached hydrogen (secondary N) is 2. The molecule has 0 radical (unpaired) electrons. The molecule has 154 valence electrons. The molecule has 2 aliphatic rings. The number of H-pyrrole nitrogens is 1. The number of nitrogens with zero attached hydrogens (tertiary/aromatic N) is 2. The summed E-state index contributed by atoms with van der Waals surface area (Å²) in [6, 6.07) is 13.7. The van der Waals surface area contributed by atoms with Crippen LogP contribution in [0.5, 0.6) is 0 Å². The van der Waals surface area contributed by atoms with E-state index in [9.17, 15) is 9.59 Å². The third-order valence-corrected chi connectivity index (χ3v) is 6.38. The van der Waals surface area contributed by atoms with Crippen LogP contribution in [0.1, 0.15) is 60.8 Å². The molecule has 5 rings (SSSR count). The smallest absolute Gasteiger partial charge is 0.253 e. The van der Waals surface area contributed by atoms with E-state index in [2.05, 4.69) is 24.1 Å². The fourth-order valence-corrected chi connectivity index (χ4v) is 4.77. The van der Waals surface area contributed by atoms with Gasteiger partial charge in [-0.2, -0.15) is 0 Å². The van der Waals surface area contributed by atoms with Crippen LogP contribution in [0.15, 0.2) is 42.5 Å². The van der Waals surface area contributed by atoms with Crippen LogP contribution in [0.3, 0.4) is 0 Å². The van der Waals surface area contributed by atoms with Gasteiger partial charge in [-0.3, -0.25) is 9.59 Å². The highest BCUT2D eigenvalue weighted by Gasteiger charge is 2.33. The van der Waals surface area contributed by atoms with Gasteiger partial charge in [-0.25, -0.2) is 4.98 Å². The minimum Gasteiger partial charge on any atom is -0.342 e. The first-order chi connectivity index (χ1) is 14.4. The Morgan fingerprint density at radius 1 is 1.20 bits per heavy atom. The van der Waals surface area contributed by atoms with Gasteiger partial charge < -0.3 is 15.2 Å². The summed E-state index contributed by atoms with van der Waals surface area (Å²) in [6.07, 6.45) is 2.41. The Bertz CT molecular complexity index is 1110. The lowest BCUT2D eigenvalue weighted by Crippen LogP contribution is -2.39. The molecule has 6 nitrogen and oxygen atoms in total. The van der Waals surface area contributed by atoms with Crippen molar-refractivity contribution in [1.82, 2.24) is 14.9 Å².